The lowest BCUT2D eigenvalue weighted by atomic mass is 10.00. The highest BCUT2D eigenvalue weighted by Gasteiger charge is 2.44. The molecule has 0 N–H and O–H groups in total. The molecule has 0 amide bonds. The average Bonchev–Trinajstić information content (AvgIpc) is 3.20. The quantitative estimate of drug-likeness (QED) is 0.399. The van der Waals surface area contributed by atoms with Crippen LogP contribution in [0.15, 0.2) is 40.9 Å². The smallest absolute Gasteiger partial charge is 0.223 e. The van der Waals surface area contributed by atoms with Crippen molar-refractivity contribution in [3.05, 3.63) is 58.3 Å². The molecule has 9 heteroatoms. The molecular formula is C22H16ClN5O2S. The molecule has 1 aromatic carbocycles. The summed E-state index contributed by atoms with van der Waals surface area (Å²) >= 11 is 7.47. The van der Waals surface area contributed by atoms with Gasteiger partial charge < -0.3 is 4.42 Å². The van der Waals surface area contributed by atoms with Crippen LogP contribution in [0, 0.1) is 16.7 Å². The van der Waals surface area contributed by atoms with Crippen molar-refractivity contribution < 1.29 is 9.21 Å². The lowest BCUT2D eigenvalue weighted by Gasteiger charge is -2.01. The third-order valence-corrected chi connectivity index (χ3v) is 6.48. The van der Waals surface area contributed by atoms with Gasteiger partial charge in [-0.3, -0.25) is 9.78 Å². The van der Waals surface area contributed by atoms with Gasteiger partial charge in [-0.25, -0.2) is 4.98 Å². The van der Waals surface area contributed by atoms with Crippen LogP contribution in [0.5, 0.6) is 0 Å². The number of ketones is 1. The van der Waals surface area contributed by atoms with Crippen LogP contribution in [0.25, 0.3) is 21.5 Å². The van der Waals surface area contributed by atoms with Crippen molar-refractivity contribution in [2.24, 2.45) is 5.41 Å². The number of hydrogen-bond acceptors (Lipinski definition) is 8. The van der Waals surface area contributed by atoms with Gasteiger partial charge in [-0.05, 0) is 37.1 Å². The van der Waals surface area contributed by atoms with Gasteiger partial charge in [0.25, 0.3) is 0 Å². The standard InChI is InChI=1S/C22H16ClN5O2S/c23-14-2-4-16(25-11-14)13-1-3-17-18(7-13)31-21(26-17)9-20-28-27-19(30-20)8-15(29)10-22(12-24)5-6-22/h1-4,7,11H,5-6,8-10H2. The Morgan fingerprint density at radius 1 is 1.23 bits per heavy atom. The van der Waals surface area contributed by atoms with Gasteiger partial charge in [0, 0.05) is 18.2 Å². The number of hydrogen-bond donors (Lipinski definition) is 0. The monoisotopic (exact) mass is 449 g/mol. The molecule has 0 saturated heterocycles. The van der Waals surface area contributed by atoms with Crippen molar-refractivity contribution in [2.45, 2.75) is 32.1 Å². The molecule has 7 nitrogen and oxygen atoms in total. The first-order valence-corrected chi connectivity index (χ1v) is 11.0. The number of halogens is 1. The van der Waals surface area contributed by atoms with E-state index in [-0.39, 0.29) is 24.5 Å². The highest BCUT2D eigenvalue weighted by atomic mass is 35.5. The minimum absolute atomic E-state index is 0.0439. The number of benzene rings is 1. The van der Waals surface area contributed by atoms with Crippen molar-refractivity contribution in [3.63, 3.8) is 0 Å². The summed E-state index contributed by atoms with van der Waals surface area (Å²) in [7, 11) is 0. The Hall–Kier alpha value is -3.15. The first-order chi connectivity index (χ1) is 15.0. The van der Waals surface area contributed by atoms with Crippen LogP contribution in [0.4, 0.5) is 0 Å². The Bertz CT molecular complexity index is 1320. The summed E-state index contributed by atoms with van der Waals surface area (Å²) in [6.45, 7) is 0. The molecule has 0 unspecified atom stereocenters. The number of pyridine rings is 1. The molecule has 0 radical (unpaired) electrons. The maximum Gasteiger partial charge on any atom is 0.223 e. The van der Waals surface area contributed by atoms with Crippen molar-refractivity contribution in [1.82, 2.24) is 20.2 Å². The van der Waals surface area contributed by atoms with Crippen LogP contribution in [0.2, 0.25) is 5.02 Å². The molecule has 154 valence electrons. The number of nitrogens with zero attached hydrogens (tertiary/aromatic N) is 5. The van der Waals surface area contributed by atoms with Gasteiger partial charge in [-0.15, -0.1) is 21.5 Å². The van der Waals surface area contributed by atoms with Crippen LogP contribution >= 0.6 is 22.9 Å². The van der Waals surface area contributed by atoms with Crippen molar-refractivity contribution in [2.75, 3.05) is 0 Å². The lowest BCUT2D eigenvalue weighted by molar-refractivity contribution is -0.119. The number of fused-ring (bicyclic) bond motifs is 1. The Kier molecular flexibility index (Phi) is 5.00. The van der Waals surface area contributed by atoms with E-state index in [9.17, 15) is 4.79 Å². The van der Waals surface area contributed by atoms with Crippen LogP contribution in [-0.2, 0) is 17.6 Å². The molecule has 5 rings (SSSR count). The topological polar surface area (TPSA) is 106 Å². The molecule has 1 saturated carbocycles. The number of carbonyl (C=O) groups excluding carboxylic acids is 1. The normalized spacial score (nSPS) is 14.5. The zero-order valence-corrected chi connectivity index (χ0v) is 17.9. The van der Waals surface area contributed by atoms with Crippen LogP contribution in [0.1, 0.15) is 36.1 Å². The first kappa shape index (κ1) is 19.8. The fraction of sp³-hybridized carbons (Fsp3) is 0.273. The molecule has 0 spiro atoms. The van der Waals surface area contributed by atoms with E-state index in [4.69, 9.17) is 21.3 Å². The molecule has 31 heavy (non-hydrogen) atoms. The molecule has 0 atom stereocenters. The molecule has 0 bridgehead atoms. The van der Waals surface area contributed by atoms with E-state index >= 15 is 0 Å². The molecule has 1 aliphatic rings. The first-order valence-electron chi connectivity index (χ1n) is 9.78. The van der Waals surface area contributed by atoms with E-state index in [1.54, 1.807) is 17.5 Å². The van der Waals surface area contributed by atoms with Gasteiger partial charge in [-0.2, -0.15) is 5.26 Å². The van der Waals surface area contributed by atoms with Crippen LogP contribution in [-0.4, -0.2) is 25.9 Å². The Morgan fingerprint density at radius 3 is 2.81 bits per heavy atom. The second-order valence-electron chi connectivity index (χ2n) is 7.70. The van der Waals surface area contributed by atoms with E-state index in [0.29, 0.717) is 17.3 Å². The summed E-state index contributed by atoms with van der Waals surface area (Å²) in [4.78, 5) is 21.2. The Morgan fingerprint density at radius 2 is 2.06 bits per heavy atom. The number of aromatic nitrogens is 4. The molecule has 1 aliphatic carbocycles. The zero-order valence-electron chi connectivity index (χ0n) is 16.3. The highest BCUT2D eigenvalue weighted by molar-refractivity contribution is 7.18. The minimum Gasteiger partial charge on any atom is -0.424 e. The lowest BCUT2D eigenvalue weighted by Crippen LogP contribution is -2.10. The fourth-order valence-corrected chi connectivity index (χ4v) is 4.51. The van der Waals surface area contributed by atoms with Crippen LogP contribution in [0.3, 0.4) is 0 Å². The van der Waals surface area contributed by atoms with E-state index < -0.39 is 5.41 Å². The molecule has 1 fully saturated rings. The summed E-state index contributed by atoms with van der Waals surface area (Å²) in [5.41, 5.74) is 2.26. The summed E-state index contributed by atoms with van der Waals surface area (Å²) in [5.74, 6) is 0.659. The second kappa shape index (κ2) is 7.84. The van der Waals surface area contributed by atoms with E-state index in [0.717, 1.165) is 39.3 Å². The number of nitriles is 1. The predicted octanol–water partition coefficient (Wildman–Crippen LogP) is 4.79. The van der Waals surface area contributed by atoms with Gasteiger partial charge in [-0.1, -0.05) is 17.7 Å². The number of carbonyl (C=O) groups is 1. The third kappa shape index (κ3) is 4.33. The summed E-state index contributed by atoms with van der Waals surface area (Å²) in [6, 6.07) is 11.9. The Labute approximate surface area is 186 Å². The van der Waals surface area contributed by atoms with Gasteiger partial charge in [0.2, 0.25) is 11.8 Å². The van der Waals surface area contributed by atoms with Crippen molar-refractivity contribution in [1.29, 1.82) is 5.26 Å². The minimum atomic E-state index is -0.457. The Balaban J connectivity index is 1.28. The molecule has 3 aromatic heterocycles. The van der Waals surface area contributed by atoms with E-state index in [1.165, 1.54) is 0 Å². The maximum absolute atomic E-state index is 12.2. The summed E-state index contributed by atoms with van der Waals surface area (Å²) in [6.07, 6.45) is 3.92. The zero-order chi connectivity index (χ0) is 21.4. The van der Waals surface area contributed by atoms with Gasteiger partial charge in [0.05, 0.1) is 45.3 Å². The predicted molar refractivity (Wildman–Crippen MR) is 116 cm³/mol. The molecule has 3 heterocycles. The average molecular weight is 450 g/mol. The summed E-state index contributed by atoms with van der Waals surface area (Å²) in [5, 5.41) is 18.6. The van der Waals surface area contributed by atoms with Gasteiger partial charge >= 0.3 is 0 Å². The number of Topliss-reactive ketones (excluding diaryl/α,β-unsaturated/α-hetero) is 1. The summed E-state index contributed by atoms with van der Waals surface area (Å²) < 4.78 is 6.68. The van der Waals surface area contributed by atoms with Gasteiger partial charge in [0.15, 0.2) is 0 Å². The van der Waals surface area contributed by atoms with E-state index in [2.05, 4.69) is 26.2 Å². The molecule has 0 aliphatic heterocycles. The van der Waals surface area contributed by atoms with E-state index in [1.807, 2.05) is 30.3 Å². The second-order valence-corrected chi connectivity index (χ2v) is 9.25. The molecular weight excluding hydrogens is 434 g/mol. The largest absolute Gasteiger partial charge is 0.424 e. The fourth-order valence-electron chi connectivity index (χ4n) is 3.40. The van der Waals surface area contributed by atoms with Crippen LogP contribution < -0.4 is 0 Å². The number of rotatable bonds is 7. The van der Waals surface area contributed by atoms with Crippen molar-refractivity contribution >= 4 is 38.9 Å². The third-order valence-electron chi connectivity index (χ3n) is 5.24. The van der Waals surface area contributed by atoms with Gasteiger partial charge in [0.1, 0.15) is 10.8 Å². The molecule has 4 aromatic rings. The SMILES string of the molecule is N#CC1(CC(=O)Cc2nnc(Cc3nc4ccc(-c5ccc(Cl)cn5)cc4s3)o2)CC1. The van der Waals surface area contributed by atoms with Crippen molar-refractivity contribution in [3.8, 4) is 17.3 Å². The number of thiazole rings is 1. The highest BCUT2D eigenvalue weighted by Crippen LogP contribution is 2.48. The maximum atomic E-state index is 12.2.